The van der Waals surface area contributed by atoms with Crippen LogP contribution in [0.3, 0.4) is 0 Å². The predicted octanol–water partition coefficient (Wildman–Crippen LogP) is 2.22. The first-order chi connectivity index (χ1) is 9.16. The molecular formula is C12H14N4O3. The lowest BCUT2D eigenvalue weighted by Gasteiger charge is -2.18. The first-order valence-electron chi connectivity index (χ1n) is 5.99. The van der Waals surface area contributed by atoms with Crippen LogP contribution in [0.1, 0.15) is 19.3 Å². The summed E-state index contributed by atoms with van der Waals surface area (Å²) in [5, 5.41) is 16.0. The Morgan fingerprint density at radius 1 is 1.53 bits per heavy atom. The second-order valence-corrected chi connectivity index (χ2v) is 4.21. The smallest absolute Gasteiger partial charge is 0.319 e. The zero-order chi connectivity index (χ0) is 13.7. The molecule has 1 aromatic rings. The van der Waals surface area contributed by atoms with Gasteiger partial charge in [-0.05, 0) is 25.3 Å². The van der Waals surface area contributed by atoms with Gasteiger partial charge in [-0.25, -0.2) is 4.79 Å². The molecule has 1 aromatic heterocycles. The highest BCUT2D eigenvalue weighted by Crippen LogP contribution is 2.21. The van der Waals surface area contributed by atoms with Crippen LogP contribution in [0.4, 0.5) is 16.2 Å². The van der Waals surface area contributed by atoms with E-state index in [0.717, 1.165) is 25.5 Å². The van der Waals surface area contributed by atoms with Gasteiger partial charge in [0, 0.05) is 12.2 Å². The minimum atomic E-state index is -0.580. The first-order valence-corrected chi connectivity index (χ1v) is 5.99. The molecule has 7 heteroatoms. The summed E-state index contributed by atoms with van der Waals surface area (Å²) in [7, 11) is 0. The fourth-order valence-corrected chi connectivity index (χ4v) is 1.90. The lowest BCUT2D eigenvalue weighted by Crippen LogP contribution is -2.37. The maximum Gasteiger partial charge on any atom is 0.319 e. The lowest BCUT2D eigenvalue weighted by atomic mass is 10.0. The van der Waals surface area contributed by atoms with E-state index in [0.29, 0.717) is 0 Å². The number of carbonyl (C=O) groups excluding carboxylic acids is 1. The zero-order valence-electron chi connectivity index (χ0n) is 10.2. The van der Waals surface area contributed by atoms with Crippen LogP contribution >= 0.6 is 0 Å². The number of anilines is 1. The molecule has 1 heterocycles. The molecule has 0 bridgehead atoms. The van der Waals surface area contributed by atoms with Gasteiger partial charge in [0.15, 0.2) is 0 Å². The van der Waals surface area contributed by atoms with Crippen molar-refractivity contribution in [2.24, 2.45) is 0 Å². The lowest BCUT2D eigenvalue weighted by molar-refractivity contribution is -0.384. The summed E-state index contributed by atoms with van der Waals surface area (Å²) in [4.78, 5) is 25.6. The van der Waals surface area contributed by atoms with Crippen molar-refractivity contribution in [2.75, 3.05) is 5.32 Å². The number of amides is 2. The monoisotopic (exact) mass is 262 g/mol. The third-order valence-corrected chi connectivity index (χ3v) is 2.82. The Labute approximate surface area is 109 Å². The summed E-state index contributed by atoms with van der Waals surface area (Å²) in [5.41, 5.74) is -0.0888. The Morgan fingerprint density at radius 3 is 3.05 bits per heavy atom. The van der Waals surface area contributed by atoms with Crippen LogP contribution in [0.15, 0.2) is 30.6 Å². The van der Waals surface area contributed by atoms with Gasteiger partial charge in [0.2, 0.25) is 0 Å². The van der Waals surface area contributed by atoms with Gasteiger partial charge in [-0.1, -0.05) is 12.2 Å². The fraction of sp³-hybridized carbons (Fsp3) is 0.333. The average molecular weight is 262 g/mol. The topological polar surface area (TPSA) is 97.2 Å². The fourth-order valence-electron chi connectivity index (χ4n) is 1.90. The highest BCUT2D eigenvalue weighted by molar-refractivity contribution is 5.91. The Morgan fingerprint density at radius 2 is 2.37 bits per heavy atom. The van der Waals surface area contributed by atoms with Gasteiger partial charge in [-0.3, -0.25) is 15.1 Å². The molecule has 0 aromatic carbocycles. The van der Waals surface area contributed by atoms with Gasteiger partial charge in [0.05, 0.1) is 4.92 Å². The second-order valence-electron chi connectivity index (χ2n) is 4.21. The summed E-state index contributed by atoms with van der Waals surface area (Å²) >= 11 is 0. The van der Waals surface area contributed by atoms with Gasteiger partial charge in [0.25, 0.3) is 0 Å². The molecule has 100 valence electrons. The molecular weight excluding hydrogens is 248 g/mol. The number of nitrogens with one attached hydrogen (secondary N) is 2. The van der Waals surface area contributed by atoms with E-state index >= 15 is 0 Å². The number of pyridine rings is 1. The van der Waals surface area contributed by atoms with E-state index in [2.05, 4.69) is 15.6 Å². The van der Waals surface area contributed by atoms with Crippen molar-refractivity contribution in [3.05, 3.63) is 40.7 Å². The molecule has 1 aliphatic carbocycles. The summed E-state index contributed by atoms with van der Waals surface area (Å²) in [6, 6.07) is 0.925. The molecule has 0 fully saturated rings. The van der Waals surface area contributed by atoms with Crippen LogP contribution in [0, 0.1) is 10.1 Å². The molecule has 1 atom stereocenters. The molecule has 2 rings (SSSR count). The van der Waals surface area contributed by atoms with Crippen LogP contribution < -0.4 is 10.6 Å². The molecule has 1 unspecified atom stereocenters. The second kappa shape index (κ2) is 5.94. The van der Waals surface area contributed by atoms with Crippen molar-refractivity contribution in [1.82, 2.24) is 10.3 Å². The summed E-state index contributed by atoms with van der Waals surface area (Å²) in [5.74, 6) is 0. The molecule has 0 spiro atoms. The molecule has 1 aliphatic rings. The van der Waals surface area contributed by atoms with Gasteiger partial charge in [0.1, 0.15) is 11.9 Å². The van der Waals surface area contributed by atoms with Crippen molar-refractivity contribution in [3.8, 4) is 0 Å². The third-order valence-electron chi connectivity index (χ3n) is 2.82. The summed E-state index contributed by atoms with van der Waals surface area (Å²) in [6.45, 7) is 0. The van der Waals surface area contributed by atoms with E-state index in [9.17, 15) is 14.9 Å². The van der Waals surface area contributed by atoms with Crippen LogP contribution in [-0.2, 0) is 0 Å². The van der Waals surface area contributed by atoms with Crippen LogP contribution in [0.2, 0.25) is 0 Å². The number of nitrogens with zero attached hydrogens (tertiary/aromatic N) is 2. The molecule has 0 radical (unpaired) electrons. The van der Waals surface area contributed by atoms with Crippen molar-refractivity contribution in [3.63, 3.8) is 0 Å². The van der Waals surface area contributed by atoms with E-state index in [-0.39, 0.29) is 17.4 Å². The number of hydrogen-bond acceptors (Lipinski definition) is 4. The van der Waals surface area contributed by atoms with Gasteiger partial charge in [-0.15, -0.1) is 0 Å². The Kier molecular flexibility index (Phi) is 4.07. The van der Waals surface area contributed by atoms with Crippen LogP contribution in [0.25, 0.3) is 0 Å². The minimum Gasteiger partial charge on any atom is -0.332 e. The number of rotatable bonds is 3. The van der Waals surface area contributed by atoms with E-state index < -0.39 is 11.0 Å². The minimum absolute atomic E-state index is 0.0188. The zero-order valence-corrected chi connectivity index (χ0v) is 10.2. The normalized spacial score (nSPS) is 17.8. The van der Waals surface area contributed by atoms with Gasteiger partial charge < -0.3 is 10.6 Å². The number of allylic oxidation sites excluding steroid dienone is 1. The highest BCUT2D eigenvalue weighted by Gasteiger charge is 2.17. The number of urea groups is 1. The van der Waals surface area contributed by atoms with E-state index in [1.165, 1.54) is 12.3 Å². The largest absolute Gasteiger partial charge is 0.332 e. The summed E-state index contributed by atoms with van der Waals surface area (Å²) < 4.78 is 0. The predicted molar refractivity (Wildman–Crippen MR) is 69.8 cm³/mol. The molecule has 2 amide bonds. The van der Waals surface area contributed by atoms with Crippen LogP contribution in [0.5, 0.6) is 0 Å². The van der Waals surface area contributed by atoms with Crippen molar-refractivity contribution < 1.29 is 9.72 Å². The molecule has 0 aliphatic heterocycles. The maximum atomic E-state index is 11.8. The average Bonchev–Trinajstić information content (AvgIpc) is 2.40. The number of aromatic nitrogens is 1. The third kappa shape index (κ3) is 3.51. The standard InChI is InChI=1S/C12H14N4O3/c17-12(14-9-4-2-1-3-5-9)15-10-6-7-13-8-11(10)16(18)19/h2,4,6-9H,1,3,5H2,(H2,13,14,15,17). The van der Waals surface area contributed by atoms with Gasteiger partial charge in [-0.2, -0.15) is 0 Å². The highest BCUT2D eigenvalue weighted by atomic mass is 16.6. The molecule has 2 N–H and O–H groups in total. The Hall–Kier alpha value is -2.44. The molecule has 19 heavy (non-hydrogen) atoms. The Balaban J connectivity index is 2.00. The van der Waals surface area contributed by atoms with Crippen molar-refractivity contribution in [2.45, 2.75) is 25.3 Å². The van der Waals surface area contributed by atoms with E-state index in [1.54, 1.807) is 0 Å². The van der Waals surface area contributed by atoms with Crippen molar-refractivity contribution in [1.29, 1.82) is 0 Å². The van der Waals surface area contributed by atoms with Gasteiger partial charge >= 0.3 is 11.7 Å². The van der Waals surface area contributed by atoms with E-state index in [4.69, 9.17) is 0 Å². The number of nitro groups is 1. The molecule has 0 saturated carbocycles. The number of hydrogen-bond donors (Lipinski definition) is 2. The van der Waals surface area contributed by atoms with Crippen molar-refractivity contribution >= 4 is 17.4 Å². The molecule has 0 saturated heterocycles. The van der Waals surface area contributed by atoms with E-state index in [1.807, 2.05) is 12.2 Å². The number of carbonyl (C=O) groups is 1. The quantitative estimate of drug-likeness (QED) is 0.495. The maximum absolute atomic E-state index is 11.8. The van der Waals surface area contributed by atoms with Crippen LogP contribution in [-0.4, -0.2) is 22.0 Å². The molecule has 7 nitrogen and oxygen atoms in total. The first kappa shape index (κ1) is 13.0. The SMILES string of the molecule is O=C(Nc1ccncc1[N+](=O)[O-])NC1C=CCCC1. The Bertz CT molecular complexity index is 515. The summed E-state index contributed by atoms with van der Waals surface area (Å²) in [6.07, 6.45) is 9.38.